The molecular formula is C17H21N5O3S. The normalized spacial score (nSPS) is 20.2. The summed E-state index contributed by atoms with van der Waals surface area (Å²) in [5, 5.41) is 12.2. The number of anilines is 1. The van der Waals surface area contributed by atoms with E-state index in [9.17, 15) is 8.42 Å². The van der Waals surface area contributed by atoms with Gasteiger partial charge in [0.25, 0.3) is 5.89 Å². The minimum absolute atomic E-state index is 0.221. The van der Waals surface area contributed by atoms with Crippen LogP contribution in [0.3, 0.4) is 0 Å². The number of rotatable bonds is 7. The predicted molar refractivity (Wildman–Crippen MR) is 98.5 cm³/mol. The molecule has 0 bridgehead atoms. The number of hydrogen-bond donors (Lipinski definition) is 2. The maximum absolute atomic E-state index is 12.0. The fourth-order valence-corrected chi connectivity index (χ4v) is 5.34. The fraction of sp³-hybridized carbons (Fsp3) is 0.471. The van der Waals surface area contributed by atoms with Crippen LogP contribution in [0, 0.1) is 5.92 Å². The zero-order valence-corrected chi connectivity index (χ0v) is 15.3. The molecule has 0 saturated heterocycles. The van der Waals surface area contributed by atoms with Crippen molar-refractivity contribution < 1.29 is 12.8 Å². The van der Waals surface area contributed by atoms with E-state index < -0.39 is 9.84 Å². The lowest BCUT2D eigenvalue weighted by Gasteiger charge is -2.36. The van der Waals surface area contributed by atoms with Gasteiger partial charge in [0, 0.05) is 29.6 Å². The van der Waals surface area contributed by atoms with Crippen molar-refractivity contribution in [1.29, 1.82) is 0 Å². The smallest absolute Gasteiger partial charge is 0.251 e. The Kier molecular flexibility index (Phi) is 4.39. The summed E-state index contributed by atoms with van der Waals surface area (Å²) in [6.45, 7) is 1.90. The maximum Gasteiger partial charge on any atom is 0.251 e. The molecule has 0 atom stereocenters. The van der Waals surface area contributed by atoms with Crippen molar-refractivity contribution in [2.24, 2.45) is 5.92 Å². The van der Waals surface area contributed by atoms with Gasteiger partial charge in [-0.25, -0.2) is 13.4 Å². The van der Waals surface area contributed by atoms with Crippen molar-refractivity contribution in [3.05, 3.63) is 24.9 Å². The van der Waals surface area contributed by atoms with Crippen LogP contribution in [0.15, 0.2) is 29.3 Å². The molecule has 0 amide bonds. The Bertz CT molecular complexity index is 991. The van der Waals surface area contributed by atoms with Gasteiger partial charge in [-0.2, -0.15) is 0 Å². The van der Waals surface area contributed by atoms with Gasteiger partial charge >= 0.3 is 0 Å². The lowest BCUT2D eigenvalue weighted by Crippen LogP contribution is -2.39. The van der Waals surface area contributed by atoms with Crippen molar-refractivity contribution in [3.63, 3.8) is 0 Å². The van der Waals surface area contributed by atoms with E-state index in [1.807, 2.05) is 19.2 Å². The summed E-state index contributed by atoms with van der Waals surface area (Å²) < 4.78 is 29.3. The van der Waals surface area contributed by atoms with Crippen molar-refractivity contribution in [1.82, 2.24) is 20.2 Å². The van der Waals surface area contributed by atoms with Gasteiger partial charge in [-0.1, -0.05) is 6.92 Å². The van der Waals surface area contributed by atoms with Gasteiger partial charge in [0.05, 0.1) is 17.0 Å². The second kappa shape index (κ2) is 6.71. The molecule has 3 heterocycles. The minimum atomic E-state index is -2.93. The number of sulfone groups is 1. The van der Waals surface area contributed by atoms with Crippen molar-refractivity contribution in [3.8, 4) is 11.5 Å². The summed E-state index contributed by atoms with van der Waals surface area (Å²) in [6.07, 6.45) is 7.17. The first kappa shape index (κ1) is 17.0. The SMILES string of the molecule is CCCS(=O)(=O)CC1CC(Nc2c(-c3nnco3)cnc3[nH]ccc23)C1. The average molecular weight is 375 g/mol. The number of H-pyrrole nitrogens is 1. The highest BCUT2D eigenvalue weighted by atomic mass is 32.2. The molecule has 1 fully saturated rings. The molecule has 0 radical (unpaired) electrons. The number of aromatic nitrogens is 4. The zero-order valence-electron chi connectivity index (χ0n) is 14.5. The van der Waals surface area contributed by atoms with Gasteiger partial charge in [0.2, 0.25) is 6.39 Å². The van der Waals surface area contributed by atoms with Crippen LogP contribution < -0.4 is 5.32 Å². The largest absolute Gasteiger partial charge is 0.423 e. The Morgan fingerprint density at radius 2 is 2.23 bits per heavy atom. The van der Waals surface area contributed by atoms with Gasteiger partial charge in [-0.15, -0.1) is 10.2 Å². The van der Waals surface area contributed by atoms with Crippen LogP contribution in [-0.4, -0.2) is 46.1 Å². The van der Waals surface area contributed by atoms with Crippen molar-refractivity contribution in [2.75, 3.05) is 16.8 Å². The van der Waals surface area contributed by atoms with Crippen LogP contribution in [-0.2, 0) is 9.84 Å². The van der Waals surface area contributed by atoms with E-state index in [0.717, 1.165) is 35.1 Å². The third-order valence-electron chi connectivity index (χ3n) is 4.77. The summed E-state index contributed by atoms with van der Waals surface area (Å²) in [4.78, 5) is 7.49. The quantitative estimate of drug-likeness (QED) is 0.652. The summed E-state index contributed by atoms with van der Waals surface area (Å²) >= 11 is 0. The average Bonchev–Trinajstić information content (AvgIpc) is 3.24. The molecule has 1 aliphatic carbocycles. The lowest BCUT2D eigenvalue weighted by atomic mass is 9.81. The molecule has 4 rings (SSSR count). The standard InChI is InChI=1S/C17H21N5O3S/c1-2-5-26(23,24)9-11-6-12(7-11)21-15-13-3-4-18-16(13)19-8-14(15)17-22-20-10-25-17/h3-4,8,10-12H,2,5-7,9H2,1H3,(H2,18,19,21). The molecule has 0 unspecified atom stereocenters. The number of pyridine rings is 1. The van der Waals surface area contributed by atoms with Gasteiger partial charge in [0.15, 0.2) is 9.84 Å². The number of nitrogens with zero attached hydrogens (tertiary/aromatic N) is 3. The molecule has 3 aromatic rings. The molecule has 26 heavy (non-hydrogen) atoms. The monoisotopic (exact) mass is 375 g/mol. The van der Waals surface area contributed by atoms with E-state index >= 15 is 0 Å². The molecule has 1 aliphatic rings. The van der Waals surface area contributed by atoms with E-state index in [-0.39, 0.29) is 23.5 Å². The van der Waals surface area contributed by atoms with Gasteiger partial charge in [0.1, 0.15) is 5.65 Å². The van der Waals surface area contributed by atoms with Crippen LogP contribution in [0.4, 0.5) is 5.69 Å². The van der Waals surface area contributed by atoms with E-state index in [4.69, 9.17) is 4.42 Å². The number of fused-ring (bicyclic) bond motifs is 1. The molecule has 8 nitrogen and oxygen atoms in total. The van der Waals surface area contributed by atoms with Crippen molar-refractivity contribution in [2.45, 2.75) is 32.2 Å². The Morgan fingerprint density at radius 1 is 1.38 bits per heavy atom. The number of aromatic amines is 1. The third-order valence-corrected chi connectivity index (χ3v) is 6.78. The Labute approximate surface area is 151 Å². The molecular weight excluding hydrogens is 354 g/mol. The van der Waals surface area contributed by atoms with Crippen LogP contribution in [0.25, 0.3) is 22.5 Å². The van der Waals surface area contributed by atoms with E-state index in [0.29, 0.717) is 12.3 Å². The van der Waals surface area contributed by atoms with Gasteiger partial charge in [-0.05, 0) is 31.2 Å². The topological polar surface area (TPSA) is 114 Å². The summed E-state index contributed by atoms with van der Waals surface area (Å²) in [5.74, 6) is 1.19. The molecule has 0 spiro atoms. The first-order valence-corrected chi connectivity index (χ1v) is 10.6. The lowest BCUT2D eigenvalue weighted by molar-refractivity contribution is 0.311. The van der Waals surface area contributed by atoms with Gasteiger partial charge < -0.3 is 14.7 Å². The molecule has 3 aromatic heterocycles. The molecule has 138 valence electrons. The third kappa shape index (κ3) is 3.31. The Balaban J connectivity index is 1.52. The first-order chi connectivity index (χ1) is 12.6. The molecule has 0 aliphatic heterocycles. The minimum Gasteiger partial charge on any atom is -0.423 e. The van der Waals surface area contributed by atoms with Gasteiger partial charge in [-0.3, -0.25) is 0 Å². The molecule has 0 aromatic carbocycles. The summed E-state index contributed by atoms with van der Waals surface area (Å²) in [5.41, 5.74) is 2.41. The predicted octanol–water partition coefficient (Wildman–Crippen LogP) is 2.63. The second-order valence-corrected chi connectivity index (χ2v) is 9.05. The van der Waals surface area contributed by atoms with Crippen LogP contribution in [0.1, 0.15) is 26.2 Å². The number of nitrogens with one attached hydrogen (secondary N) is 2. The van der Waals surface area contributed by atoms with E-state index in [1.54, 1.807) is 6.20 Å². The fourth-order valence-electron chi connectivity index (χ4n) is 3.56. The second-order valence-electron chi connectivity index (χ2n) is 6.82. The molecule has 2 N–H and O–H groups in total. The Hall–Kier alpha value is -2.42. The Morgan fingerprint density at radius 3 is 2.96 bits per heavy atom. The van der Waals surface area contributed by atoms with Crippen LogP contribution in [0.2, 0.25) is 0 Å². The first-order valence-electron chi connectivity index (χ1n) is 8.75. The summed E-state index contributed by atoms with van der Waals surface area (Å²) in [7, 11) is -2.93. The van der Waals surface area contributed by atoms with Crippen LogP contribution >= 0.6 is 0 Å². The number of hydrogen-bond acceptors (Lipinski definition) is 7. The summed E-state index contributed by atoms with van der Waals surface area (Å²) in [6, 6.07) is 2.17. The van der Waals surface area contributed by atoms with Crippen LogP contribution in [0.5, 0.6) is 0 Å². The van der Waals surface area contributed by atoms with Crippen molar-refractivity contribution >= 4 is 26.6 Å². The maximum atomic E-state index is 12.0. The van der Waals surface area contributed by atoms with E-state index in [1.165, 1.54) is 6.39 Å². The van der Waals surface area contributed by atoms with E-state index in [2.05, 4.69) is 25.5 Å². The highest BCUT2D eigenvalue weighted by Crippen LogP contribution is 2.37. The molecule has 9 heteroatoms. The molecule has 1 saturated carbocycles. The zero-order chi connectivity index (χ0) is 18.1. The highest BCUT2D eigenvalue weighted by Gasteiger charge is 2.33. The highest BCUT2D eigenvalue weighted by molar-refractivity contribution is 7.91.